The zero-order valence-electron chi connectivity index (χ0n) is 25.4. The van der Waals surface area contributed by atoms with Gasteiger partial charge in [-0.1, -0.05) is 135 Å². The topological polar surface area (TPSA) is 12.9 Å². The molecule has 0 N–H and O–H groups in total. The van der Waals surface area contributed by atoms with Crippen molar-refractivity contribution in [1.82, 2.24) is 4.98 Å². The van der Waals surface area contributed by atoms with E-state index in [2.05, 4.69) is 153 Å². The van der Waals surface area contributed by atoms with Crippen LogP contribution in [0.1, 0.15) is 25.0 Å². The van der Waals surface area contributed by atoms with E-state index in [4.69, 9.17) is 4.98 Å². The largest absolute Gasteiger partial charge is 0.256 e. The van der Waals surface area contributed by atoms with E-state index in [-0.39, 0.29) is 5.41 Å². The number of pyridine rings is 1. The molecule has 212 valence electrons. The number of nitrogens with zero attached hydrogens (tertiary/aromatic N) is 1. The van der Waals surface area contributed by atoms with Crippen molar-refractivity contribution >= 4 is 32.3 Å². The van der Waals surface area contributed by atoms with Crippen molar-refractivity contribution in [2.75, 3.05) is 0 Å². The number of hydrogen-bond donors (Lipinski definition) is 0. The number of aromatic nitrogens is 1. The molecule has 1 aromatic heterocycles. The number of fused-ring (bicyclic) bond motifs is 6. The Morgan fingerprint density at radius 2 is 1.07 bits per heavy atom. The summed E-state index contributed by atoms with van der Waals surface area (Å²) in [6.07, 6.45) is 1.90. The van der Waals surface area contributed by atoms with Gasteiger partial charge in [-0.15, -0.1) is 0 Å². The first-order valence-corrected chi connectivity index (χ1v) is 15.7. The predicted octanol–water partition coefficient (Wildman–Crippen LogP) is 11.8. The highest BCUT2D eigenvalue weighted by atomic mass is 14.7. The lowest BCUT2D eigenvalue weighted by atomic mass is 9.80. The van der Waals surface area contributed by atoms with Crippen molar-refractivity contribution < 1.29 is 0 Å². The highest BCUT2D eigenvalue weighted by molar-refractivity contribution is 6.23. The second kappa shape index (κ2) is 9.74. The maximum atomic E-state index is 4.87. The second-order valence-electron chi connectivity index (χ2n) is 12.7. The van der Waals surface area contributed by atoms with Crippen LogP contribution in [-0.4, -0.2) is 4.98 Å². The minimum Gasteiger partial charge on any atom is -0.256 e. The first kappa shape index (κ1) is 25.9. The van der Waals surface area contributed by atoms with Crippen LogP contribution in [0, 0.1) is 0 Å². The van der Waals surface area contributed by atoms with Crippen LogP contribution < -0.4 is 0 Å². The van der Waals surface area contributed by atoms with E-state index in [0.29, 0.717) is 0 Å². The minimum absolute atomic E-state index is 0.0717. The average molecular weight is 574 g/mol. The highest BCUT2D eigenvalue weighted by Crippen LogP contribution is 2.54. The third-order valence-electron chi connectivity index (χ3n) is 9.90. The van der Waals surface area contributed by atoms with Gasteiger partial charge < -0.3 is 0 Å². The molecule has 0 radical (unpaired) electrons. The summed E-state index contributed by atoms with van der Waals surface area (Å²) in [6.45, 7) is 4.72. The van der Waals surface area contributed by atoms with Gasteiger partial charge in [0.2, 0.25) is 0 Å². The standard InChI is InChI=1S/C44H31N/c1-44(2)38-18-8-7-16-35(38)42-36(17-11-19-39(42)44)41-32-14-5-6-15-33(32)43(40-20-9-10-25-45-40)34-24-23-31(27-37(34)41)30-22-21-28-12-3-4-13-29(28)26-30/h3-27H,1-2H3. The molecular formula is C44H31N. The number of rotatable bonds is 3. The van der Waals surface area contributed by atoms with Gasteiger partial charge in [0.05, 0.1) is 5.69 Å². The highest BCUT2D eigenvalue weighted by Gasteiger charge is 2.37. The summed E-state index contributed by atoms with van der Waals surface area (Å²) in [5.41, 5.74) is 12.6. The first-order chi connectivity index (χ1) is 22.1. The summed E-state index contributed by atoms with van der Waals surface area (Å²) >= 11 is 0. The molecule has 7 aromatic carbocycles. The quantitative estimate of drug-likeness (QED) is 0.192. The van der Waals surface area contributed by atoms with Crippen LogP contribution in [0.3, 0.4) is 0 Å². The molecular weight excluding hydrogens is 542 g/mol. The summed E-state index contributed by atoms with van der Waals surface area (Å²) in [5.74, 6) is 0. The Bertz CT molecular complexity index is 2450. The third kappa shape index (κ3) is 3.84. The van der Waals surface area contributed by atoms with Gasteiger partial charge in [0.1, 0.15) is 0 Å². The maximum absolute atomic E-state index is 4.87. The normalized spacial score (nSPS) is 13.3. The Hall–Kier alpha value is -5.53. The Morgan fingerprint density at radius 1 is 0.422 bits per heavy atom. The van der Waals surface area contributed by atoms with Crippen molar-refractivity contribution in [1.29, 1.82) is 0 Å². The zero-order valence-corrected chi connectivity index (χ0v) is 25.4. The van der Waals surface area contributed by atoms with E-state index < -0.39 is 0 Å². The minimum atomic E-state index is -0.0717. The lowest BCUT2D eigenvalue weighted by Gasteiger charge is -2.22. The lowest BCUT2D eigenvalue weighted by Crippen LogP contribution is -2.14. The molecule has 8 aromatic rings. The molecule has 1 nitrogen and oxygen atoms in total. The Morgan fingerprint density at radius 3 is 1.91 bits per heavy atom. The maximum Gasteiger partial charge on any atom is 0.0714 e. The first-order valence-electron chi connectivity index (χ1n) is 15.7. The molecule has 0 saturated heterocycles. The third-order valence-corrected chi connectivity index (χ3v) is 9.90. The molecule has 0 aliphatic heterocycles. The molecule has 0 bridgehead atoms. The van der Waals surface area contributed by atoms with E-state index in [0.717, 1.165) is 5.69 Å². The average Bonchev–Trinajstić information content (AvgIpc) is 3.33. The molecule has 0 amide bonds. The summed E-state index contributed by atoms with van der Waals surface area (Å²) in [5, 5.41) is 7.44. The van der Waals surface area contributed by atoms with Crippen LogP contribution in [0.15, 0.2) is 152 Å². The van der Waals surface area contributed by atoms with E-state index in [1.165, 1.54) is 82.4 Å². The van der Waals surface area contributed by atoms with Crippen LogP contribution in [0.4, 0.5) is 0 Å². The van der Waals surface area contributed by atoms with Gasteiger partial charge in [-0.2, -0.15) is 0 Å². The molecule has 0 unspecified atom stereocenters. The van der Waals surface area contributed by atoms with E-state index in [9.17, 15) is 0 Å². The van der Waals surface area contributed by atoms with Crippen molar-refractivity contribution in [3.05, 3.63) is 163 Å². The molecule has 9 rings (SSSR count). The molecule has 0 atom stereocenters. The van der Waals surface area contributed by atoms with Crippen molar-refractivity contribution in [3.63, 3.8) is 0 Å². The van der Waals surface area contributed by atoms with Crippen LogP contribution in [-0.2, 0) is 5.41 Å². The second-order valence-corrected chi connectivity index (χ2v) is 12.7. The fourth-order valence-electron chi connectivity index (χ4n) is 7.77. The SMILES string of the molecule is CC1(C)c2ccccc2-c2c(-c3c4ccccc4c(-c4ccccn4)c4ccc(-c5ccc6ccccc6c5)cc34)cccc21. The monoisotopic (exact) mass is 573 g/mol. The summed E-state index contributed by atoms with van der Waals surface area (Å²) in [4.78, 5) is 4.87. The zero-order chi connectivity index (χ0) is 30.1. The smallest absolute Gasteiger partial charge is 0.0714 e. The summed E-state index contributed by atoms with van der Waals surface area (Å²) in [6, 6.07) is 53.4. The Labute approximate surface area is 263 Å². The van der Waals surface area contributed by atoms with Crippen molar-refractivity contribution in [3.8, 4) is 44.6 Å². The fraction of sp³-hybridized carbons (Fsp3) is 0.0682. The van der Waals surface area contributed by atoms with Crippen LogP contribution >= 0.6 is 0 Å². The number of hydrogen-bond acceptors (Lipinski definition) is 1. The molecule has 1 heteroatoms. The van der Waals surface area contributed by atoms with Gasteiger partial charge >= 0.3 is 0 Å². The van der Waals surface area contributed by atoms with Crippen molar-refractivity contribution in [2.24, 2.45) is 0 Å². The molecule has 45 heavy (non-hydrogen) atoms. The molecule has 0 saturated carbocycles. The van der Waals surface area contributed by atoms with E-state index in [1.54, 1.807) is 0 Å². The van der Waals surface area contributed by atoms with Gasteiger partial charge in [-0.3, -0.25) is 4.98 Å². The fourth-order valence-corrected chi connectivity index (χ4v) is 7.77. The number of benzene rings is 7. The van der Waals surface area contributed by atoms with E-state index >= 15 is 0 Å². The predicted molar refractivity (Wildman–Crippen MR) is 191 cm³/mol. The molecule has 1 aliphatic rings. The van der Waals surface area contributed by atoms with Gasteiger partial charge in [-0.25, -0.2) is 0 Å². The summed E-state index contributed by atoms with van der Waals surface area (Å²) < 4.78 is 0. The van der Waals surface area contributed by atoms with Gasteiger partial charge in [0, 0.05) is 17.2 Å². The molecule has 1 aliphatic carbocycles. The van der Waals surface area contributed by atoms with Gasteiger partial charge in [-0.05, 0) is 101 Å². The van der Waals surface area contributed by atoms with Crippen molar-refractivity contribution in [2.45, 2.75) is 19.3 Å². The van der Waals surface area contributed by atoms with Gasteiger partial charge in [0.25, 0.3) is 0 Å². The lowest BCUT2D eigenvalue weighted by molar-refractivity contribution is 0.660. The van der Waals surface area contributed by atoms with Crippen LogP contribution in [0.25, 0.3) is 77.0 Å². The summed E-state index contributed by atoms with van der Waals surface area (Å²) in [7, 11) is 0. The van der Waals surface area contributed by atoms with E-state index in [1.807, 2.05) is 12.3 Å². The molecule has 0 spiro atoms. The Kier molecular flexibility index (Phi) is 5.61. The Balaban J connectivity index is 1.43. The molecule has 0 fully saturated rings. The van der Waals surface area contributed by atoms with Gasteiger partial charge in [0.15, 0.2) is 0 Å². The van der Waals surface area contributed by atoms with Crippen LogP contribution in [0.5, 0.6) is 0 Å². The molecule has 1 heterocycles. The van der Waals surface area contributed by atoms with Crippen LogP contribution in [0.2, 0.25) is 0 Å².